The highest BCUT2D eigenvalue weighted by molar-refractivity contribution is 7.92. The molecular weight excluding hydrogens is 490 g/mol. The average molecular weight is 524 g/mol. The zero-order chi connectivity index (χ0) is 26.2. The first-order chi connectivity index (χ1) is 16.5. The molecule has 0 saturated carbocycles. The van der Waals surface area contributed by atoms with Crippen LogP contribution in [0.15, 0.2) is 48.5 Å². The number of ether oxygens (including phenoxy) is 1. The molecule has 0 aliphatic heterocycles. The maximum absolute atomic E-state index is 13.5. The number of amides is 2. The molecule has 0 aliphatic rings. The van der Waals surface area contributed by atoms with Crippen molar-refractivity contribution in [2.24, 2.45) is 0 Å². The fourth-order valence-electron chi connectivity index (χ4n) is 3.32. The summed E-state index contributed by atoms with van der Waals surface area (Å²) in [5.74, 6) is -0.226. The summed E-state index contributed by atoms with van der Waals surface area (Å²) in [6, 6.07) is 12.5. The molecule has 0 aromatic heterocycles. The van der Waals surface area contributed by atoms with E-state index in [0.29, 0.717) is 23.1 Å². The number of nitrogens with one attached hydrogen (secondary N) is 1. The zero-order valence-corrected chi connectivity index (χ0v) is 22.4. The largest absolute Gasteiger partial charge is 0.494 e. The number of carbonyl (C=O) groups excluding carboxylic acids is 2. The third-order valence-corrected chi connectivity index (χ3v) is 6.94. The van der Waals surface area contributed by atoms with Gasteiger partial charge in [0.15, 0.2) is 0 Å². The Labute approximate surface area is 213 Å². The van der Waals surface area contributed by atoms with E-state index in [1.165, 1.54) is 4.90 Å². The van der Waals surface area contributed by atoms with E-state index < -0.39 is 28.5 Å². The molecule has 192 valence electrons. The van der Waals surface area contributed by atoms with Crippen LogP contribution in [0.2, 0.25) is 5.02 Å². The first-order valence-electron chi connectivity index (χ1n) is 11.5. The Kier molecular flexibility index (Phi) is 10.4. The quantitative estimate of drug-likeness (QED) is 0.456. The van der Waals surface area contributed by atoms with Gasteiger partial charge in [0.05, 0.1) is 18.6 Å². The van der Waals surface area contributed by atoms with Gasteiger partial charge in [-0.2, -0.15) is 0 Å². The number of halogens is 1. The van der Waals surface area contributed by atoms with Crippen molar-refractivity contribution in [3.8, 4) is 5.75 Å². The van der Waals surface area contributed by atoms with Gasteiger partial charge in [-0.3, -0.25) is 13.9 Å². The molecule has 0 fully saturated rings. The molecule has 2 rings (SSSR count). The summed E-state index contributed by atoms with van der Waals surface area (Å²) in [6.45, 7) is 7.45. The van der Waals surface area contributed by atoms with Gasteiger partial charge in [0.25, 0.3) is 0 Å². The Balaban J connectivity index is 2.35. The number of hydrogen-bond donors (Lipinski definition) is 1. The van der Waals surface area contributed by atoms with Gasteiger partial charge in [-0.15, -0.1) is 0 Å². The molecule has 0 aliphatic carbocycles. The average Bonchev–Trinajstić information content (AvgIpc) is 2.81. The minimum Gasteiger partial charge on any atom is -0.494 e. The molecule has 0 spiro atoms. The van der Waals surface area contributed by atoms with Crippen molar-refractivity contribution >= 4 is 39.1 Å². The van der Waals surface area contributed by atoms with Crippen molar-refractivity contribution in [3.63, 3.8) is 0 Å². The first kappa shape index (κ1) is 28.5. The Morgan fingerprint density at radius 3 is 2.14 bits per heavy atom. The van der Waals surface area contributed by atoms with Crippen molar-refractivity contribution in [3.05, 3.63) is 59.1 Å². The van der Waals surface area contributed by atoms with Crippen LogP contribution >= 0.6 is 11.6 Å². The lowest BCUT2D eigenvalue weighted by atomic mass is 10.1. The number of sulfonamides is 1. The van der Waals surface area contributed by atoms with E-state index in [-0.39, 0.29) is 18.5 Å². The Bertz CT molecular complexity index is 1090. The number of benzene rings is 2. The smallest absolute Gasteiger partial charge is 0.244 e. The van der Waals surface area contributed by atoms with E-state index in [4.69, 9.17) is 16.3 Å². The van der Waals surface area contributed by atoms with Gasteiger partial charge < -0.3 is 15.0 Å². The molecule has 2 amide bonds. The molecule has 2 atom stereocenters. The first-order valence-corrected chi connectivity index (χ1v) is 13.7. The summed E-state index contributed by atoms with van der Waals surface area (Å²) in [7, 11) is -3.79. The summed E-state index contributed by atoms with van der Waals surface area (Å²) >= 11 is 5.99. The van der Waals surface area contributed by atoms with Crippen molar-refractivity contribution in [2.45, 2.75) is 52.7 Å². The number of anilines is 1. The molecular formula is C25H34ClN3O5S. The minimum absolute atomic E-state index is 0.0613. The Morgan fingerprint density at radius 2 is 1.63 bits per heavy atom. The summed E-state index contributed by atoms with van der Waals surface area (Å²) in [4.78, 5) is 27.8. The molecule has 10 heteroatoms. The van der Waals surface area contributed by atoms with Gasteiger partial charge in [-0.05, 0) is 69.2 Å². The van der Waals surface area contributed by atoms with E-state index in [1.807, 2.05) is 20.8 Å². The molecule has 2 aromatic rings. The number of hydrogen-bond acceptors (Lipinski definition) is 5. The van der Waals surface area contributed by atoms with Crippen LogP contribution in [0.5, 0.6) is 5.75 Å². The fourth-order valence-corrected chi connectivity index (χ4v) is 4.30. The van der Waals surface area contributed by atoms with E-state index in [9.17, 15) is 18.0 Å². The monoisotopic (exact) mass is 523 g/mol. The highest BCUT2D eigenvalue weighted by Gasteiger charge is 2.30. The van der Waals surface area contributed by atoms with Crippen LogP contribution in [0.1, 0.15) is 39.7 Å². The number of nitrogens with zero attached hydrogens (tertiary/aromatic N) is 2. The second kappa shape index (κ2) is 12.8. The van der Waals surface area contributed by atoms with E-state index in [0.717, 1.165) is 22.5 Å². The van der Waals surface area contributed by atoms with Gasteiger partial charge in [-0.25, -0.2) is 8.42 Å². The molecule has 0 heterocycles. The van der Waals surface area contributed by atoms with Gasteiger partial charge in [0, 0.05) is 17.6 Å². The van der Waals surface area contributed by atoms with Gasteiger partial charge in [0.2, 0.25) is 21.8 Å². The van der Waals surface area contributed by atoms with Gasteiger partial charge in [0.1, 0.15) is 18.3 Å². The summed E-state index contributed by atoms with van der Waals surface area (Å²) in [5, 5.41) is 3.44. The third-order valence-electron chi connectivity index (χ3n) is 5.55. The van der Waals surface area contributed by atoms with Crippen LogP contribution in [-0.2, 0) is 26.2 Å². The van der Waals surface area contributed by atoms with Crippen molar-refractivity contribution in [1.29, 1.82) is 0 Å². The van der Waals surface area contributed by atoms with E-state index in [2.05, 4.69) is 5.32 Å². The summed E-state index contributed by atoms with van der Waals surface area (Å²) in [5.41, 5.74) is 1.09. The lowest BCUT2D eigenvalue weighted by Crippen LogP contribution is -2.52. The highest BCUT2D eigenvalue weighted by atomic mass is 35.5. The highest BCUT2D eigenvalue weighted by Crippen LogP contribution is 2.23. The lowest BCUT2D eigenvalue weighted by molar-refractivity contribution is -0.139. The van der Waals surface area contributed by atoms with Crippen LogP contribution < -0.4 is 14.4 Å². The van der Waals surface area contributed by atoms with Crippen LogP contribution in [0.25, 0.3) is 0 Å². The lowest BCUT2D eigenvalue weighted by Gasteiger charge is -2.32. The molecule has 0 radical (unpaired) electrons. The minimum atomic E-state index is -3.79. The molecule has 35 heavy (non-hydrogen) atoms. The van der Waals surface area contributed by atoms with E-state index >= 15 is 0 Å². The van der Waals surface area contributed by atoms with Crippen LogP contribution in [0.3, 0.4) is 0 Å². The second-order valence-electron chi connectivity index (χ2n) is 8.34. The maximum atomic E-state index is 13.5. The normalized spacial score (nSPS) is 13.0. The van der Waals surface area contributed by atoms with Crippen LogP contribution in [-0.4, -0.2) is 56.6 Å². The van der Waals surface area contributed by atoms with Crippen molar-refractivity contribution in [2.75, 3.05) is 23.7 Å². The SMILES string of the molecule is CCOc1ccc(N(CC(=O)N(Cc2ccc(Cl)cc2)[C@H](C)C(=O)N[C@H](C)CC)S(C)(=O)=O)cc1. The molecule has 1 N–H and O–H groups in total. The van der Waals surface area contributed by atoms with Crippen LogP contribution in [0, 0.1) is 0 Å². The van der Waals surface area contributed by atoms with Gasteiger partial charge in [-0.1, -0.05) is 30.7 Å². The molecule has 2 aromatic carbocycles. The fraction of sp³-hybridized carbons (Fsp3) is 0.440. The van der Waals surface area contributed by atoms with Crippen LogP contribution in [0.4, 0.5) is 5.69 Å². The molecule has 0 saturated heterocycles. The second-order valence-corrected chi connectivity index (χ2v) is 10.7. The van der Waals surface area contributed by atoms with E-state index in [1.54, 1.807) is 55.5 Å². The number of rotatable bonds is 12. The Morgan fingerprint density at radius 1 is 1.03 bits per heavy atom. The predicted molar refractivity (Wildman–Crippen MR) is 139 cm³/mol. The molecule has 0 unspecified atom stereocenters. The van der Waals surface area contributed by atoms with Crippen molar-refractivity contribution < 1.29 is 22.7 Å². The molecule has 8 nitrogen and oxygen atoms in total. The Hall–Kier alpha value is -2.78. The summed E-state index contributed by atoms with van der Waals surface area (Å²) < 4.78 is 31.7. The standard InChI is InChI=1S/C25H34ClN3O5S/c1-6-18(3)27-25(31)19(4)28(16-20-8-10-21(26)11-9-20)24(30)17-29(35(5,32)33)22-12-14-23(15-13-22)34-7-2/h8-15,18-19H,6-7,16-17H2,1-5H3,(H,27,31)/t18-,19-/m1/s1. The van der Waals surface area contributed by atoms with Crippen molar-refractivity contribution in [1.82, 2.24) is 10.2 Å². The zero-order valence-electron chi connectivity index (χ0n) is 20.8. The topological polar surface area (TPSA) is 96.0 Å². The number of carbonyl (C=O) groups is 2. The van der Waals surface area contributed by atoms with Gasteiger partial charge >= 0.3 is 0 Å². The maximum Gasteiger partial charge on any atom is 0.244 e. The third kappa shape index (κ3) is 8.43. The predicted octanol–water partition coefficient (Wildman–Crippen LogP) is 3.84. The summed E-state index contributed by atoms with van der Waals surface area (Å²) in [6.07, 6.45) is 1.78. The molecule has 0 bridgehead atoms.